The zero-order valence-electron chi connectivity index (χ0n) is 16.4. The molecule has 0 aliphatic heterocycles. The van der Waals surface area contributed by atoms with Gasteiger partial charge in [0.1, 0.15) is 0 Å². The third-order valence-electron chi connectivity index (χ3n) is 4.18. The Morgan fingerprint density at radius 3 is 2.00 bits per heavy atom. The second kappa shape index (κ2) is 8.88. The SMILES string of the molecule is COc1ccc(NC(=O)c2cncc(C(=O)Nc3cccc(C)c3)c2)cc1OC. The molecule has 1 aromatic heterocycles. The van der Waals surface area contributed by atoms with E-state index in [2.05, 4.69) is 15.6 Å². The molecule has 0 fully saturated rings. The van der Waals surface area contributed by atoms with E-state index in [4.69, 9.17) is 9.47 Å². The Labute approximate surface area is 168 Å². The van der Waals surface area contributed by atoms with Gasteiger partial charge in [0.15, 0.2) is 11.5 Å². The molecule has 2 N–H and O–H groups in total. The van der Waals surface area contributed by atoms with Crippen molar-refractivity contribution in [2.45, 2.75) is 6.92 Å². The minimum atomic E-state index is -0.394. The highest BCUT2D eigenvalue weighted by molar-refractivity contribution is 6.08. The molecule has 0 bridgehead atoms. The lowest BCUT2D eigenvalue weighted by molar-refractivity contribution is 0.102. The minimum absolute atomic E-state index is 0.261. The number of benzene rings is 2. The number of nitrogens with one attached hydrogen (secondary N) is 2. The highest BCUT2D eigenvalue weighted by Gasteiger charge is 2.13. The number of pyridine rings is 1. The Hall–Kier alpha value is -3.87. The average molecular weight is 391 g/mol. The van der Waals surface area contributed by atoms with E-state index in [1.54, 1.807) is 24.3 Å². The van der Waals surface area contributed by atoms with Crippen molar-refractivity contribution >= 4 is 23.2 Å². The Kier molecular flexibility index (Phi) is 6.09. The van der Waals surface area contributed by atoms with Gasteiger partial charge in [-0.1, -0.05) is 12.1 Å². The molecule has 0 aliphatic carbocycles. The lowest BCUT2D eigenvalue weighted by atomic mass is 10.1. The standard InChI is InChI=1S/C22H21N3O4/c1-14-5-4-6-17(9-14)24-21(26)15-10-16(13-23-12-15)22(27)25-18-7-8-19(28-2)20(11-18)29-3/h4-13H,1-3H3,(H,24,26)(H,25,27). The van der Waals surface area contributed by atoms with Gasteiger partial charge in [-0.2, -0.15) is 0 Å². The first-order valence-electron chi connectivity index (χ1n) is 8.86. The summed E-state index contributed by atoms with van der Waals surface area (Å²) in [5.41, 5.74) is 2.78. The molecule has 1 heterocycles. The normalized spacial score (nSPS) is 10.2. The first-order chi connectivity index (χ1) is 14.0. The second-order valence-corrected chi connectivity index (χ2v) is 6.31. The van der Waals surface area contributed by atoms with Crippen LogP contribution >= 0.6 is 0 Å². The third-order valence-corrected chi connectivity index (χ3v) is 4.18. The molecule has 0 saturated heterocycles. The fourth-order valence-corrected chi connectivity index (χ4v) is 2.73. The Morgan fingerprint density at radius 2 is 1.41 bits per heavy atom. The van der Waals surface area contributed by atoms with Crippen LogP contribution in [0.4, 0.5) is 11.4 Å². The van der Waals surface area contributed by atoms with Crippen LogP contribution in [0.15, 0.2) is 60.9 Å². The summed E-state index contributed by atoms with van der Waals surface area (Å²) in [6.45, 7) is 1.94. The Bertz CT molecular complexity index is 1050. The summed E-state index contributed by atoms with van der Waals surface area (Å²) in [5.74, 6) is 0.315. The van der Waals surface area contributed by atoms with Crippen molar-refractivity contribution in [3.05, 3.63) is 77.6 Å². The van der Waals surface area contributed by atoms with Crippen LogP contribution in [0, 0.1) is 6.92 Å². The molecule has 29 heavy (non-hydrogen) atoms. The second-order valence-electron chi connectivity index (χ2n) is 6.31. The van der Waals surface area contributed by atoms with Gasteiger partial charge in [0, 0.05) is 29.8 Å². The van der Waals surface area contributed by atoms with Crippen LogP contribution in [0.1, 0.15) is 26.3 Å². The molecule has 2 amide bonds. The van der Waals surface area contributed by atoms with Gasteiger partial charge in [0.05, 0.1) is 25.3 Å². The zero-order valence-corrected chi connectivity index (χ0v) is 16.4. The van der Waals surface area contributed by atoms with E-state index in [9.17, 15) is 9.59 Å². The number of aromatic nitrogens is 1. The van der Waals surface area contributed by atoms with Crippen LogP contribution in [-0.4, -0.2) is 31.0 Å². The molecule has 7 heteroatoms. The molecule has 7 nitrogen and oxygen atoms in total. The number of rotatable bonds is 6. The minimum Gasteiger partial charge on any atom is -0.493 e. The first-order valence-corrected chi connectivity index (χ1v) is 8.86. The smallest absolute Gasteiger partial charge is 0.257 e. The van der Waals surface area contributed by atoms with Crippen molar-refractivity contribution < 1.29 is 19.1 Å². The summed E-state index contributed by atoms with van der Waals surface area (Å²) in [5, 5.41) is 5.56. The topological polar surface area (TPSA) is 89.5 Å². The van der Waals surface area contributed by atoms with Crippen LogP contribution < -0.4 is 20.1 Å². The molecule has 0 spiro atoms. The lowest BCUT2D eigenvalue weighted by Gasteiger charge is -2.11. The van der Waals surface area contributed by atoms with Gasteiger partial charge in [-0.25, -0.2) is 0 Å². The maximum Gasteiger partial charge on any atom is 0.257 e. The average Bonchev–Trinajstić information content (AvgIpc) is 2.73. The number of amides is 2. The fourth-order valence-electron chi connectivity index (χ4n) is 2.73. The van der Waals surface area contributed by atoms with Gasteiger partial charge in [-0.05, 0) is 42.8 Å². The van der Waals surface area contributed by atoms with E-state index >= 15 is 0 Å². The maximum absolute atomic E-state index is 12.6. The van der Waals surface area contributed by atoms with E-state index in [1.807, 2.05) is 25.1 Å². The molecule has 3 rings (SSSR count). The van der Waals surface area contributed by atoms with Crippen molar-refractivity contribution in [3.63, 3.8) is 0 Å². The maximum atomic E-state index is 12.6. The third kappa shape index (κ3) is 4.90. The summed E-state index contributed by atoms with van der Waals surface area (Å²) in [4.78, 5) is 29.1. The summed E-state index contributed by atoms with van der Waals surface area (Å²) < 4.78 is 10.4. The van der Waals surface area contributed by atoms with Crippen LogP contribution in [-0.2, 0) is 0 Å². The number of nitrogens with zero attached hydrogens (tertiary/aromatic N) is 1. The molecule has 0 aliphatic rings. The summed E-state index contributed by atoms with van der Waals surface area (Å²) in [6, 6.07) is 14.0. The van der Waals surface area contributed by atoms with Crippen LogP contribution in [0.25, 0.3) is 0 Å². The van der Waals surface area contributed by atoms with Gasteiger partial charge in [-0.15, -0.1) is 0 Å². The van der Waals surface area contributed by atoms with Crippen molar-refractivity contribution in [1.82, 2.24) is 4.98 Å². The summed E-state index contributed by atoms with van der Waals surface area (Å²) >= 11 is 0. The van der Waals surface area contributed by atoms with E-state index in [1.165, 1.54) is 32.7 Å². The largest absolute Gasteiger partial charge is 0.493 e. The molecule has 148 valence electrons. The van der Waals surface area contributed by atoms with E-state index in [0.717, 1.165) is 5.56 Å². The van der Waals surface area contributed by atoms with Crippen molar-refractivity contribution in [2.75, 3.05) is 24.9 Å². The fraction of sp³-hybridized carbons (Fsp3) is 0.136. The molecule has 3 aromatic rings. The van der Waals surface area contributed by atoms with Gasteiger partial charge < -0.3 is 20.1 Å². The number of aryl methyl sites for hydroxylation is 1. The predicted molar refractivity (Wildman–Crippen MR) is 111 cm³/mol. The van der Waals surface area contributed by atoms with Crippen LogP contribution in [0.5, 0.6) is 11.5 Å². The van der Waals surface area contributed by atoms with E-state index in [0.29, 0.717) is 22.9 Å². The monoisotopic (exact) mass is 391 g/mol. The quantitative estimate of drug-likeness (QED) is 0.665. The number of carbonyl (C=O) groups is 2. The molecular weight excluding hydrogens is 370 g/mol. The Balaban J connectivity index is 1.74. The number of anilines is 2. The highest BCUT2D eigenvalue weighted by Crippen LogP contribution is 2.29. The first kappa shape index (κ1) is 19.9. The van der Waals surface area contributed by atoms with Crippen molar-refractivity contribution in [2.24, 2.45) is 0 Å². The molecule has 0 unspecified atom stereocenters. The molecular formula is C22H21N3O4. The summed E-state index contributed by atoms with van der Waals surface area (Å²) in [6.07, 6.45) is 2.82. The van der Waals surface area contributed by atoms with Gasteiger partial charge in [0.2, 0.25) is 0 Å². The van der Waals surface area contributed by atoms with E-state index in [-0.39, 0.29) is 17.0 Å². The van der Waals surface area contributed by atoms with Gasteiger partial charge in [-0.3, -0.25) is 14.6 Å². The number of hydrogen-bond acceptors (Lipinski definition) is 5. The Morgan fingerprint density at radius 1 is 0.793 bits per heavy atom. The number of ether oxygens (including phenoxy) is 2. The van der Waals surface area contributed by atoms with Crippen LogP contribution in [0.3, 0.4) is 0 Å². The number of carbonyl (C=O) groups excluding carboxylic acids is 2. The zero-order chi connectivity index (χ0) is 20.8. The number of methoxy groups -OCH3 is 2. The van der Waals surface area contributed by atoms with E-state index < -0.39 is 5.91 Å². The van der Waals surface area contributed by atoms with Gasteiger partial charge in [0.25, 0.3) is 11.8 Å². The predicted octanol–water partition coefficient (Wildman–Crippen LogP) is 3.91. The van der Waals surface area contributed by atoms with Crippen molar-refractivity contribution in [3.8, 4) is 11.5 Å². The molecule has 0 saturated carbocycles. The number of hydrogen-bond donors (Lipinski definition) is 2. The van der Waals surface area contributed by atoms with Crippen LogP contribution in [0.2, 0.25) is 0 Å². The highest BCUT2D eigenvalue weighted by atomic mass is 16.5. The molecule has 0 atom stereocenters. The molecule has 0 radical (unpaired) electrons. The lowest BCUT2D eigenvalue weighted by Crippen LogP contribution is -2.16. The van der Waals surface area contributed by atoms with Crippen molar-refractivity contribution in [1.29, 1.82) is 0 Å². The summed E-state index contributed by atoms with van der Waals surface area (Å²) in [7, 11) is 3.05. The molecule has 2 aromatic carbocycles. The van der Waals surface area contributed by atoms with Gasteiger partial charge >= 0.3 is 0 Å².